The number of carbonyl (C=O) groups excluding carboxylic acids is 1. The predicted octanol–water partition coefficient (Wildman–Crippen LogP) is 2.04. The highest BCUT2D eigenvalue weighted by atomic mass is 16.5. The first kappa shape index (κ1) is 16.3. The van der Waals surface area contributed by atoms with Gasteiger partial charge in [-0.1, -0.05) is 0 Å². The van der Waals surface area contributed by atoms with E-state index >= 15 is 0 Å². The van der Waals surface area contributed by atoms with Gasteiger partial charge in [-0.15, -0.1) is 0 Å². The molecule has 3 rings (SSSR count). The standard InChI is InChI=1S/C18H26N2O3/c1-13(21)14-6-8-20(9-7-14)10-11-23-16-3-4-17-15(12-16)2-5-18(22)19-17/h3-4,12-14,21H,2,5-11H2,1H3,(H,19,22). The number of nitrogens with zero attached hydrogens (tertiary/aromatic N) is 1. The Morgan fingerprint density at radius 1 is 1.35 bits per heavy atom. The minimum absolute atomic E-state index is 0.0896. The minimum Gasteiger partial charge on any atom is -0.492 e. The van der Waals surface area contributed by atoms with Crippen LogP contribution < -0.4 is 10.1 Å². The third kappa shape index (κ3) is 4.24. The van der Waals surface area contributed by atoms with E-state index in [1.54, 1.807) is 0 Å². The molecule has 1 unspecified atom stereocenters. The lowest BCUT2D eigenvalue weighted by atomic mass is 9.92. The summed E-state index contributed by atoms with van der Waals surface area (Å²) in [5.74, 6) is 1.41. The summed E-state index contributed by atoms with van der Waals surface area (Å²) < 4.78 is 5.87. The Morgan fingerprint density at radius 3 is 2.87 bits per heavy atom. The van der Waals surface area contributed by atoms with Crippen LogP contribution in [0, 0.1) is 5.92 Å². The number of ether oxygens (including phenoxy) is 1. The quantitative estimate of drug-likeness (QED) is 0.872. The number of hydrogen-bond donors (Lipinski definition) is 2. The largest absolute Gasteiger partial charge is 0.492 e. The number of aliphatic hydroxyl groups excluding tert-OH is 1. The zero-order valence-corrected chi connectivity index (χ0v) is 13.8. The number of fused-ring (bicyclic) bond motifs is 1. The summed E-state index contributed by atoms with van der Waals surface area (Å²) in [7, 11) is 0. The molecule has 0 saturated carbocycles. The number of anilines is 1. The molecule has 0 spiro atoms. The molecule has 0 bridgehead atoms. The second-order valence-corrected chi connectivity index (χ2v) is 6.64. The van der Waals surface area contributed by atoms with Crippen molar-refractivity contribution in [3.8, 4) is 5.75 Å². The number of aliphatic hydroxyl groups is 1. The molecule has 2 N–H and O–H groups in total. The van der Waals surface area contributed by atoms with Gasteiger partial charge in [0.05, 0.1) is 6.10 Å². The monoisotopic (exact) mass is 318 g/mol. The van der Waals surface area contributed by atoms with Crippen molar-refractivity contribution in [2.75, 3.05) is 31.6 Å². The molecule has 1 amide bonds. The van der Waals surface area contributed by atoms with Gasteiger partial charge in [-0.2, -0.15) is 0 Å². The molecule has 0 radical (unpaired) electrons. The first-order valence-electron chi connectivity index (χ1n) is 8.58. The SMILES string of the molecule is CC(O)C1CCN(CCOc2ccc3c(c2)CCC(=O)N3)CC1. The van der Waals surface area contributed by atoms with E-state index in [0.717, 1.165) is 55.9 Å². The lowest BCUT2D eigenvalue weighted by Gasteiger charge is -2.33. The van der Waals surface area contributed by atoms with E-state index in [1.807, 2.05) is 25.1 Å². The smallest absolute Gasteiger partial charge is 0.224 e. The maximum Gasteiger partial charge on any atom is 0.224 e. The van der Waals surface area contributed by atoms with Crippen LogP contribution in [-0.2, 0) is 11.2 Å². The van der Waals surface area contributed by atoms with E-state index in [1.165, 1.54) is 0 Å². The van der Waals surface area contributed by atoms with E-state index in [-0.39, 0.29) is 12.0 Å². The fourth-order valence-corrected chi connectivity index (χ4v) is 3.40. The zero-order valence-electron chi connectivity index (χ0n) is 13.8. The molecule has 1 aromatic carbocycles. The number of nitrogens with one attached hydrogen (secondary N) is 1. The third-order valence-corrected chi connectivity index (χ3v) is 4.96. The van der Waals surface area contributed by atoms with E-state index in [9.17, 15) is 9.90 Å². The molecule has 1 aromatic rings. The number of carbonyl (C=O) groups is 1. The Labute approximate surface area is 137 Å². The van der Waals surface area contributed by atoms with Gasteiger partial charge in [0.15, 0.2) is 0 Å². The summed E-state index contributed by atoms with van der Waals surface area (Å²) in [5.41, 5.74) is 2.06. The van der Waals surface area contributed by atoms with Gasteiger partial charge in [0.1, 0.15) is 12.4 Å². The maximum atomic E-state index is 11.4. The first-order chi connectivity index (χ1) is 11.1. The minimum atomic E-state index is -0.190. The second-order valence-electron chi connectivity index (χ2n) is 6.64. The fraction of sp³-hybridized carbons (Fsp3) is 0.611. The Morgan fingerprint density at radius 2 is 2.13 bits per heavy atom. The Kier molecular flexibility index (Phi) is 5.18. The highest BCUT2D eigenvalue weighted by Gasteiger charge is 2.22. The highest BCUT2D eigenvalue weighted by molar-refractivity contribution is 5.93. The summed E-state index contributed by atoms with van der Waals surface area (Å²) in [6.45, 7) is 5.55. The normalized spacial score (nSPS) is 20.7. The average molecular weight is 318 g/mol. The van der Waals surface area contributed by atoms with Crippen molar-refractivity contribution in [3.63, 3.8) is 0 Å². The van der Waals surface area contributed by atoms with Crippen molar-refractivity contribution in [1.29, 1.82) is 0 Å². The number of amides is 1. The third-order valence-electron chi connectivity index (χ3n) is 4.96. The van der Waals surface area contributed by atoms with Gasteiger partial charge in [-0.05, 0) is 69.0 Å². The lowest BCUT2D eigenvalue weighted by molar-refractivity contribution is -0.116. The molecular formula is C18H26N2O3. The molecule has 23 heavy (non-hydrogen) atoms. The molecule has 0 aromatic heterocycles. The van der Waals surface area contributed by atoms with Gasteiger partial charge in [0.25, 0.3) is 0 Å². The summed E-state index contributed by atoms with van der Waals surface area (Å²) >= 11 is 0. The van der Waals surface area contributed by atoms with Gasteiger partial charge in [0, 0.05) is 18.7 Å². The van der Waals surface area contributed by atoms with Gasteiger partial charge >= 0.3 is 0 Å². The molecule has 1 saturated heterocycles. The van der Waals surface area contributed by atoms with Crippen LogP contribution in [0.1, 0.15) is 31.7 Å². The van der Waals surface area contributed by atoms with E-state index in [0.29, 0.717) is 18.9 Å². The van der Waals surface area contributed by atoms with E-state index in [4.69, 9.17) is 4.74 Å². The summed E-state index contributed by atoms with van der Waals surface area (Å²) in [4.78, 5) is 13.8. The van der Waals surface area contributed by atoms with Crippen molar-refractivity contribution >= 4 is 11.6 Å². The number of rotatable bonds is 5. The Bertz CT molecular complexity index is 551. The molecule has 5 heteroatoms. The van der Waals surface area contributed by atoms with E-state index in [2.05, 4.69) is 10.2 Å². The number of likely N-dealkylation sites (tertiary alicyclic amines) is 1. The summed E-state index contributed by atoms with van der Waals surface area (Å²) in [6, 6.07) is 5.88. The highest BCUT2D eigenvalue weighted by Crippen LogP contribution is 2.27. The van der Waals surface area contributed by atoms with Gasteiger partial charge in [-0.3, -0.25) is 9.69 Å². The molecular weight excluding hydrogens is 292 g/mol. The van der Waals surface area contributed by atoms with Crippen LogP contribution in [0.15, 0.2) is 18.2 Å². The first-order valence-corrected chi connectivity index (χ1v) is 8.58. The molecule has 5 nitrogen and oxygen atoms in total. The maximum absolute atomic E-state index is 11.4. The van der Waals surface area contributed by atoms with Crippen LogP contribution >= 0.6 is 0 Å². The van der Waals surface area contributed by atoms with Crippen LogP contribution in [0.2, 0.25) is 0 Å². The van der Waals surface area contributed by atoms with Gasteiger partial charge in [-0.25, -0.2) is 0 Å². The number of piperidine rings is 1. The molecule has 0 aliphatic carbocycles. The Hall–Kier alpha value is -1.59. The fourth-order valence-electron chi connectivity index (χ4n) is 3.40. The lowest BCUT2D eigenvalue weighted by Crippen LogP contribution is -2.39. The number of hydrogen-bond acceptors (Lipinski definition) is 4. The molecule has 1 fully saturated rings. The van der Waals surface area contributed by atoms with Crippen molar-refractivity contribution in [3.05, 3.63) is 23.8 Å². The molecule has 2 heterocycles. The second kappa shape index (κ2) is 7.32. The summed E-state index contributed by atoms with van der Waals surface area (Å²) in [6.07, 6.45) is 3.27. The van der Waals surface area contributed by atoms with Crippen LogP contribution in [-0.4, -0.2) is 48.3 Å². The summed E-state index contributed by atoms with van der Waals surface area (Å²) in [5, 5.41) is 12.5. The van der Waals surface area contributed by atoms with Gasteiger partial charge < -0.3 is 15.2 Å². The van der Waals surface area contributed by atoms with Crippen LogP contribution in [0.3, 0.4) is 0 Å². The van der Waals surface area contributed by atoms with Crippen LogP contribution in [0.4, 0.5) is 5.69 Å². The van der Waals surface area contributed by atoms with Crippen molar-refractivity contribution < 1.29 is 14.6 Å². The van der Waals surface area contributed by atoms with Crippen LogP contribution in [0.25, 0.3) is 0 Å². The zero-order chi connectivity index (χ0) is 16.2. The molecule has 1 atom stereocenters. The number of benzene rings is 1. The van der Waals surface area contributed by atoms with Crippen molar-refractivity contribution in [2.24, 2.45) is 5.92 Å². The molecule has 2 aliphatic heterocycles. The average Bonchev–Trinajstić information content (AvgIpc) is 2.55. The van der Waals surface area contributed by atoms with Crippen LogP contribution in [0.5, 0.6) is 5.75 Å². The topological polar surface area (TPSA) is 61.8 Å². The molecule has 2 aliphatic rings. The Balaban J connectivity index is 1.44. The molecule has 126 valence electrons. The predicted molar refractivity (Wildman–Crippen MR) is 89.7 cm³/mol. The van der Waals surface area contributed by atoms with E-state index < -0.39 is 0 Å². The van der Waals surface area contributed by atoms with Gasteiger partial charge in [0.2, 0.25) is 5.91 Å². The van der Waals surface area contributed by atoms with Crippen molar-refractivity contribution in [1.82, 2.24) is 4.90 Å². The number of aryl methyl sites for hydroxylation is 1. The van der Waals surface area contributed by atoms with Crippen molar-refractivity contribution in [2.45, 2.75) is 38.7 Å².